The number of aromatic amines is 1. The predicted molar refractivity (Wildman–Crippen MR) is 94.0 cm³/mol. The zero-order valence-electron chi connectivity index (χ0n) is 13.0. The summed E-state index contributed by atoms with van der Waals surface area (Å²) < 4.78 is 13.2. The number of nitrogens with one attached hydrogen (secondary N) is 2. The highest BCUT2D eigenvalue weighted by atomic mass is 32.2. The first-order valence-electron chi connectivity index (χ1n) is 7.90. The molecule has 1 amide bonds. The van der Waals surface area contributed by atoms with Gasteiger partial charge in [-0.3, -0.25) is 9.79 Å². The average molecular weight is 344 g/mol. The van der Waals surface area contributed by atoms with Gasteiger partial charge in [0.2, 0.25) is 5.91 Å². The highest BCUT2D eigenvalue weighted by Crippen LogP contribution is 2.30. The van der Waals surface area contributed by atoms with Gasteiger partial charge in [-0.1, -0.05) is 11.8 Å². The number of nitrogens with zero attached hydrogens (tertiary/aromatic N) is 2. The van der Waals surface area contributed by atoms with Crippen LogP contribution in [0.15, 0.2) is 40.4 Å². The number of hydrogen-bond donors (Lipinski definition) is 2. The number of hydrogen-bond acceptors (Lipinski definition) is 4. The van der Waals surface area contributed by atoms with Crippen LogP contribution < -0.4 is 5.32 Å². The van der Waals surface area contributed by atoms with Crippen LogP contribution in [0.1, 0.15) is 18.5 Å². The van der Waals surface area contributed by atoms with Gasteiger partial charge < -0.3 is 15.2 Å². The van der Waals surface area contributed by atoms with Crippen LogP contribution in [0.3, 0.4) is 0 Å². The molecular formula is C17H17FN4OS. The number of carbonyl (C=O) groups excluding carboxylic acids is 1. The molecule has 24 heavy (non-hydrogen) atoms. The van der Waals surface area contributed by atoms with Crippen molar-refractivity contribution in [1.29, 1.82) is 0 Å². The van der Waals surface area contributed by atoms with Crippen molar-refractivity contribution in [3.8, 4) is 0 Å². The second-order valence-corrected chi connectivity index (χ2v) is 6.71. The maximum Gasteiger partial charge on any atom is 0.226 e. The number of aliphatic imine (C=N–C) groups is 1. The van der Waals surface area contributed by atoms with E-state index in [2.05, 4.69) is 20.2 Å². The van der Waals surface area contributed by atoms with E-state index in [1.54, 1.807) is 17.8 Å². The van der Waals surface area contributed by atoms with Crippen LogP contribution in [0.25, 0.3) is 10.9 Å². The predicted octanol–water partition coefficient (Wildman–Crippen LogP) is 2.96. The second-order valence-electron chi connectivity index (χ2n) is 5.88. The molecule has 0 bridgehead atoms. The summed E-state index contributed by atoms with van der Waals surface area (Å²) in [6, 6.07) is 6.46. The molecule has 0 fully saturated rings. The van der Waals surface area contributed by atoms with Crippen LogP contribution in [0.2, 0.25) is 0 Å². The smallest absolute Gasteiger partial charge is 0.226 e. The Hall–Kier alpha value is -2.28. The van der Waals surface area contributed by atoms with Gasteiger partial charge in [-0.15, -0.1) is 0 Å². The largest absolute Gasteiger partial charge is 0.357 e. The van der Waals surface area contributed by atoms with Crippen molar-refractivity contribution in [1.82, 2.24) is 15.2 Å². The number of benzene rings is 1. The number of carbonyl (C=O) groups is 1. The van der Waals surface area contributed by atoms with Crippen molar-refractivity contribution in [2.45, 2.75) is 19.4 Å². The minimum Gasteiger partial charge on any atom is -0.357 e. The number of fused-ring (bicyclic) bond motifs is 2. The molecule has 2 aliphatic rings. The summed E-state index contributed by atoms with van der Waals surface area (Å²) in [7, 11) is 0. The lowest BCUT2D eigenvalue weighted by Crippen LogP contribution is -2.32. The summed E-state index contributed by atoms with van der Waals surface area (Å²) in [6.07, 6.45) is 1.37. The van der Waals surface area contributed by atoms with Gasteiger partial charge in [-0.25, -0.2) is 4.39 Å². The SMILES string of the molecule is O=C(CC1=CSC2=NCCCN12)NCc1cc2cc(F)ccc2[nH]1. The lowest BCUT2D eigenvalue weighted by atomic mass is 10.2. The summed E-state index contributed by atoms with van der Waals surface area (Å²) in [5.74, 6) is -0.291. The molecular weight excluding hydrogens is 327 g/mol. The minimum absolute atomic E-state index is 0.0292. The molecule has 2 aromatic rings. The normalized spacial score (nSPS) is 16.8. The zero-order chi connectivity index (χ0) is 16.5. The van der Waals surface area contributed by atoms with Gasteiger partial charge in [0.1, 0.15) is 5.82 Å². The quantitative estimate of drug-likeness (QED) is 0.896. The number of amidine groups is 1. The molecule has 124 valence electrons. The number of aromatic nitrogens is 1. The highest BCUT2D eigenvalue weighted by molar-refractivity contribution is 8.16. The van der Waals surface area contributed by atoms with Gasteiger partial charge >= 0.3 is 0 Å². The number of halogens is 1. The van der Waals surface area contributed by atoms with Crippen molar-refractivity contribution in [2.24, 2.45) is 4.99 Å². The van der Waals surface area contributed by atoms with E-state index in [-0.39, 0.29) is 11.7 Å². The van der Waals surface area contributed by atoms with Crippen LogP contribution in [-0.4, -0.2) is 34.0 Å². The molecule has 0 atom stereocenters. The molecule has 4 rings (SSSR count). The number of thioether (sulfide) groups is 1. The number of rotatable bonds is 4. The molecule has 1 aromatic heterocycles. The first kappa shape index (κ1) is 15.3. The van der Waals surface area contributed by atoms with Gasteiger partial charge in [0.15, 0.2) is 5.17 Å². The Morgan fingerprint density at radius 2 is 2.33 bits per heavy atom. The zero-order valence-corrected chi connectivity index (χ0v) is 13.8. The van der Waals surface area contributed by atoms with E-state index >= 15 is 0 Å². The second kappa shape index (κ2) is 6.32. The molecule has 0 saturated carbocycles. The van der Waals surface area contributed by atoms with Gasteiger partial charge in [0.05, 0.1) is 13.0 Å². The topological polar surface area (TPSA) is 60.5 Å². The molecule has 2 aliphatic heterocycles. The van der Waals surface area contributed by atoms with E-state index in [0.717, 1.165) is 47.0 Å². The lowest BCUT2D eigenvalue weighted by Gasteiger charge is -2.25. The molecule has 7 heteroatoms. The number of amides is 1. The Morgan fingerprint density at radius 1 is 1.42 bits per heavy atom. The molecule has 3 heterocycles. The molecule has 0 unspecified atom stereocenters. The Labute approximate surface area is 143 Å². The molecule has 5 nitrogen and oxygen atoms in total. The number of H-pyrrole nitrogens is 1. The van der Waals surface area contributed by atoms with Crippen molar-refractivity contribution in [3.63, 3.8) is 0 Å². The van der Waals surface area contributed by atoms with Gasteiger partial charge in [-0.2, -0.15) is 0 Å². The van der Waals surface area contributed by atoms with Gasteiger partial charge in [0, 0.05) is 35.4 Å². The Balaban J connectivity index is 1.36. The molecule has 0 radical (unpaired) electrons. The summed E-state index contributed by atoms with van der Waals surface area (Å²) >= 11 is 1.59. The monoisotopic (exact) mass is 344 g/mol. The first-order valence-corrected chi connectivity index (χ1v) is 8.78. The van der Waals surface area contributed by atoms with Crippen molar-refractivity contribution in [3.05, 3.63) is 46.9 Å². The fraction of sp³-hybridized carbons (Fsp3) is 0.294. The molecule has 2 N–H and O–H groups in total. The average Bonchev–Trinajstić information content (AvgIpc) is 3.17. The Kier molecular flexibility index (Phi) is 4.02. The Morgan fingerprint density at radius 3 is 3.25 bits per heavy atom. The summed E-state index contributed by atoms with van der Waals surface area (Å²) in [5, 5.41) is 6.74. The third-order valence-electron chi connectivity index (χ3n) is 4.12. The van der Waals surface area contributed by atoms with E-state index in [4.69, 9.17) is 0 Å². The van der Waals surface area contributed by atoms with Crippen LogP contribution in [0.4, 0.5) is 4.39 Å². The molecule has 1 aromatic carbocycles. The maximum atomic E-state index is 13.2. The maximum absolute atomic E-state index is 13.2. The molecule has 0 aliphatic carbocycles. The van der Waals surface area contributed by atoms with Gasteiger partial charge in [0.25, 0.3) is 0 Å². The minimum atomic E-state index is -0.262. The van der Waals surface area contributed by atoms with E-state index in [0.29, 0.717) is 13.0 Å². The van der Waals surface area contributed by atoms with Crippen LogP contribution in [0.5, 0.6) is 0 Å². The third-order valence-corrected chi connectivity index (χ3v) is 5.07. The fourth-order valence-electron chi connectivity index (χ4n) is 2.95. The van der Waals surface area contributed by atoms with Crippen molar-refractivity contribution >= 4 is 33.7 Å². The van der Waals surface area contributed by atoms with Gasteiger partial charge in [-0.05, 0) is 36.1 Å². The summed E-state index contributed by atoms with van der Waals surface area (Å²) in [6.45, 7) is 2.20. The Bertz CT molecular complexity index is 857. The van der Waals surface area contributed by atoms with E-state index in [1.165, 1.54) is 12.1 Å². The van der Waals surface area contributed by atoms with E-state index < -0.39 is 0 Å². The first-order chi connectivity index (χ1) is 11.7. The third kappa shape index (κ3) is 3.03. The van der Waals surface area contributed by atoms with Crippen molar-refractivity contribution < 1.29 is 9.18 Å². The van der Waals surface area contributed by atoms with Crippen LogP contribution in [-0.2, 0) is 11.3 Å². The van der Waals surface area contributed by atoms with Crippen LogP contribution >= 0.6 is 11.8 Å². The van der Waals surface area contributed by atoms with Crippen molar-refractivity contribution in [2.75, 3.05) is 13.1 Å². The molecule has 0 saturated heterocycles. The lowest BCUT2D eigenvalue weighted by molar-refractivity contribution is -0.120. The summed E-state index contributed by atoms with van der Waals surface area (Å²) in [4.78, 5) is 22.0. The van der Waals surface area contributed by atoms with E-state index in [9.17, 15) is 9.18 Å². The fourth-order valence-corrected chi connectivity index (χ4v) is 3.91. The standard InChI is InChI=1S/C17H17FN4OS/c18-12-2-3-15-11(6-12)7-13(21-15)9-20-16(23)8-14-10-24-17-19-4-1-5-22(14)17/h2-3,6-7,10,21H,1,4-5,8-9H2,(H,20,23). The van der Waals surface area contributed by atoms with E-state index in [1.807, 2.05) is 11.5 Å². The highest BCUT2D eigenvalue weighted by Gasteiger charge is 2.25. The van der Waals surface area contributed by atoms with Crippen LogP contribution in [0, 0.1) is 5.82 Å². The molecule has 0 spiro atoms. The summed E-state index contributed by atoms with van der Waals surface area (Å²) in [5.41, 5.74) is 2.73.